The Morgan fingerprint density at radius 2 is 1.88 bits per heavy atom. The van der Waals surface area contributed by atoms with Gasteiger partial charge in [-0.3, -0.25) is 4.79 Å². The second-order valence-corrected chi connectivity index (χ2v) is 4.06. The van der Waals surface area contributed by atoms with Gasteiger partial charge in [-0.1, -0.05) is 19.8 Å². The summed E-state index contributed by atoms with van der Waals surface area (Å²) in [6.45, 7) is 4.05. The summed E-state index contributed by atoms with van der Waals surface area (Å²) in [5.41, 5.74) is 5.39. The highest BCUT2D eigenvalue weighted by molar-refractivity contribution is 5.76. The molecule has 0 rings (SSSR count). The van der Waals surface area contributed by atoms with Gasteiger partial charge >= 0.3 is 0 Å². The van der Waals surface area contributed by atoms with Crippen molar-refractivity contribution in [1.82, 2.24) is 4.90 Å². The van der Waals surface area contributed by atoms with Crippen LogP contribution >= 0.6 is 0 Å². The van der Waals surface area contributed by atoms with Gasteiger partial charge < -0.3 is 15.7 Å². The number of aliphatic hydroxyl groups excluding tert-OH is 1. The number of carbonyl (C=O) groups is 1. The second-order valence-electron chi connectivity index (χ2n) is 4.06. The lowest BCUT2D eigenvalue weighted by Gasteiger charge is -2.20. The first-order valence-electron chi connectivity index (χ1n) is 6.35. The molecule has 0 fully saturated rings. The molecule has 0 heterocycles. The summed E-state index contributed by atoms with van der Waals surface area (Å²) >= 11 is 0. The summed E-state index contributed by atoms with van der Waals surface area (Å²) < 4.78 is 0. The van der Waals surface area contributed by atoms with E-state index in [0.717, 1.165) is 45.2 Å². The molecule has 3 N–H and O–H groups in total. The van der Waals surface area contributed by atoms with Crippen molar-refractivity contribution in [3.8, 4) is 0 Å². The number of aliphatic hydroxyl groups is 1. The number of hydrogen-bond acceptors (Lipinski definition) is 3. The van der Waals surface area contributed by atoms with Crippen LogP contribution in [0, 0.1) is 0 Å². The van der Waals surface area contributed by atoms with Crippen molar-refractivity contribution >= 4 is 5.91 Å². The van der Waals surface area contributed by atoms with E-state index < -0.39 is 0 Å². The van der Waals surface area contributed by atoms with Crippen LogP contribution in [0.4, 0.5) is 0 Å². The fourth-order valence-electron chi connectivity index (χ4n) is 1.68. The molecule has 4 nitrogen and oxygen atoms in total. The van der Waals surface area contributed by atoms with E-state index in [9.17, 15) is 4.79 Å². The third-order valence-corrected chi connectivity index (χ3v) is 2.56. The number of nitrogens with zero attached hydrogens (tertiary/aromatic N) is 1. The van der Waals surface area contributed by atoms with Crippen LogP contribution in [0.5, 0.6) is 0 Å². The van der Waals surface area contributed by atoms with Crippen LogP contribution in [0.15, 0.2) is 0 Å². The maximum atomic E-state index is 11.7. The van der Waals surface area contributed by atoms with Gasteiger partial charge in [0.15, 0.2) is 0 Å². The fourth-order valence-corrected chi connectivity index (χ4v) is 1.68. The van der Waals surface area contributed by atoms with Gasteiger partial charge in [0.2, 0.25) is 5.91 Å². The predicted octanol–water partition coefficient (Wildman–Crippen LogP) is 1.13. The van der Waals surface area contributed by atoms with E-state index in [1.165, 1.54) is 0 Å². The summed E-state index contributed by atoms with van der Waals surface area (Å²) in [5.74, 6) is 0.170. The number of unbranched alkanes of at least 4 members (excludes halogenated alkanes) is 3. The minimum absolute atomic E-state index is 0.0545. The Bertz CT molecular complexity index is 168. The number of amides is 1. The first kappa shape index (κ1) is 15.4. The topological polar surface area (TPSA) is 66.6 Å². The van der Waals surface area contributed by atoms with Gasteiger partial charge in [0.05, 0.1) is 6.61 Å². The molecule has 1 amide bonds. The van der Waals surface area contributed by atoms with Crippen molar-refractivity contribution in [1.29, 1.82) is 0 Å². The Labute approximate surface area is 98.8 Å². The number of carbonyl (C=O) groups excluding carboxylic acids is 1. The van der Waals surface area contributed by atoms with E-state index in [2.05, 4.69) is 0 Å². The molecule has 0 spiro atoms. The molecule has 0 aromatic rings. The monoisotopic (exact) mass is 230 g/mol. The summed E-state index contributed by atoms with van der Waals surface area (Å²) in [5, 5.41) is 8.85. The lowest BCUT2D eigenvalue weighted by Crippen LogP contribution is -2.34. The average molecular weight is 230 g/mol. The van der Waals surface area contributed by atoms with Crippen molar-refractivity contribution in [2.45, 2.75) is 45.4 Å². The van der Waals surface area contributed by atoms with Crippen molar-refractivity contribution in [3.05, 3.63) is 0 Å². The summed E-state index contributed by atoms with van der Waals surface area (Å²) in [4.78, 5) is 13.5. The van der Waals surface area contributed by atoms with Crippen molar-refractivity contribution in [2.24, 2.45) is 5.73 Å². The van der Waals surface area contributed by atoms with Crippen molar-refractivity contribution in [3.63, 3.8) is 0 Å². The molecule has 0 aliphatic carbocycles. The molecule has 0 aromatic carbocycles. The predicted molar refractivity (Wildman–Crippen MR) is 66.1 cm³/mol. The van der Waals surface area contributed by atoms with E-state index in [-0.39, 0.29) is 12.5 Å². The molecule has 0 aromatic heterocycles. The number of hydrogen-bond donors (Lipinski definition) is 2. The minimum Gasteiger partial charge on any atom is -0.395 e. The quantitative estimate of drug-likeness (QED) is 0.553. The lowest BCUT2D eigenvalue weighted by molar-refractivity contribution is -0.131. The van der Waals surface area contributed by atoms with Crippen LogP contribution in [-0.4, -0.2) is 42.2 Å². The third kappa shape index (κ3) is 7.65. The maximum Gasteiger partial charge on any atom is 0.222 e. The Morgan fingerprint density at radius 1 is 1.19 bits per heavy atom. The number of rotatable bonds is 10. The molecule has 0 atom stereocenters. The molecule has 16 heavy (non-hydrogen) atoms. The van der Waals surface area contributed by atoms with Crippen LogP contribution in [-0.2, 0) is 4.79 Å². The summed E-state index contributed by atoms with van der Waals surface area (Å²) in [7, 11) is 0. The Morgan fingerprint density at radius 3 is 2.44 bits per heavy atom. The molecule has 0 saturated carbocycles. The summed E-state index contributed by atoms with van der Waals surface area (Å²) in [6, 6.07) is 0. The van der Waals surface area contributed by atoms with Crippen LogP contribution in [0.3, 0.4) is 0 Å². The SMILES string of the molecule is CCCN(CCO)C(=O)CCCCCCN. The first-order chi connectivity index (χ1) is 7.76. The van der Waals surface area contributed by atoms with Gasteiger partial charge in [0.1, 0.15) is 0 Å². The van der Waals surface area contributed by atoms with E-state index in [0.29, 0.717) is 13.0 Å². The van der Waals surface area contributed by atoms with Crippen molar-refractivity contribution in [2.75, 3.05) is 26.2 Å². The van der Waals surface area contributed by atoms with Crippen LogP contribution in [0.25, 0.3) is 0 Å². The van der Waals surface area contributed by atoms with Crippen LogP contribution in [0.2, 0.25) is 0 Å². The molecule has 0 aliphatic rings. The van der Waals surface area contributed by atoms with Crippen molar-refractivity contribution < 1.29 is 9.90 Å². The molecule has 0 aliphatic heterocycles. The normalized spacial score (nSPS) is 10.4. The highest BCUT2D eigenvalue weighted by Crippen LogP contribution is 2.05. The van der Waals surface area contributed by atoms with Crippen LogP contribution < -0.4 is 5.73 Å². The minimum atomic E-state index is 0.0545. The standard InChI is InChI=1S/C12H26N2O2/c1-2-9-14(10-11-15)12(16)7-5-3-4-6-8-13/h15H,2-11,13H2,1H3. The number of nitrogens with two attached hydrogens (primary N) is 1. The highest BCUT2D eigenvalue weighted by Gasteiger charge is 2.10. The Hall–Kier alpha value is -0.610. The van der Waals surface area contributed by atoms with Gasteiger partial charge in [0.25, 0.3) is 0 Å². The molecule has 4 heteroatoms. The lowest BCUT2D eigenvalue weighted by atomic mass is 10.1. The molecule has 0 radical (unpaired) electrons. The van der Waals surface area contributed by atoms with E-state index in [1.54, 1.807) is 4.90 Å². The zero-order chi connectivity index (χ0) is 12.2. The maximum absolute atomic E-state index is 11.7. The first-order valence-corrected chi connectivity index (χ1v) is 6.35. The van der Waals surface area contributed by atoms with Gasteiger partial charge in [0, 0.05) is 19.5 Å². The molecule has 96 valence electrons. The molecular formula is C12H26N2O2. The van der Waals surface area contributed by atoms with E-state index in [1.807, 2.05) is 6.92 Å². The van der Waals surface area contributed by atoms with E-state index in [4.69, 9.17) is 10.8 Å². The van der Waals surface area contributed by atoms with Gasteiger partial charge in [-0.2, -0.15) is 0 Å². The smallest absolute Gasteiger partial charge is 0.222 e. The molecule has 0 unspecified atom stereocenters. The zero-order valence-electron chi connectivity index (χ0n) is 10.5. The Balaban J connectivity index is 3.65. The second kappa shape index (κ2) is 10.9. The average Bonchev–Trinajstić information content (AvgIpc) is 2.28. The zero-order valence-corrected chi connectivity index (χ0v) is 10.5. The molecule has 0 bridgehead atoms. The van der Waals surface area contributed by atoms with Gasteiger partial charge in [-0.25, -0.2) is 0 Å². The molecular weight excluding hydrogens is 204 g/mol. The third-order valence-electron chi connectivity index (χ3n) is 2.56. The Kier molecular flexibility index (Phi) is 10.5. The van der Waals surface area contributed by atoms with E-state index >= 15 is 0 Å². The largest absolute Gasteiger partial charge is 0.395 e. The highest BCUT2D eigenvalue weighted by atomic mass is 16.3. The summed E-state index contributed by atoms with van der Waals surface area (Å²) in [6.07, 6.45) is 5.71. The molecule has 0 saturated heterocycles. The fraction of sp³-hybridized carbons (Fsp3) is 0.917. The van der Waals surface area contributed by atoms with Crippen LogP contribution in [0.1, 0.15) is 45.4 Å². The van der Waals surface area contributed by atoms with Gasteiger partial charge in [-0.05, 0) is 25.8 Å². The van der Waals surface area contributed by atoms with Gasteiger partial charge in [-0.15, -0.1) is 0 Å².